The normalized spacial score (nSPS) is 19.8. The van der Waals surface area contributed by atoms with E-state index in [-0.39, 0.29) is 0 Å². The lowest BCUT2D eigenvalue weighted by Crippen LogP contribution is -2.31. The second kappa shape index (κ2) is 5.72. The largest absolute Gasteiger partial charge is 0.370 e. The summed E-state index contributed by atoms with van der Waals surface area (Å²) >= 11 is 0. The summed E-state index contributed by atoms with van der Waals surface area (Å²) in [6, 6.07) is 7.54. The molecule has 3 nitrogen and oxygen atoms in total. The predicted octanol–water partition coefficient (Wildman–Crippen LogP) is 1.85. The van der Waals surface area contributed by atoms with E-state index in [1.54, 1.807) is 0 Å². The van der Waals surface area contributed by atoms with Crippen LogP contribution in [-0.2, 0) is 6.54 Å². The highest BCUT2D eigenvalue weighted by atomic mass is 15.2. The molecule has 1 atom stereocenters. The van der Waals surface area contributed by atoms with Gasteiger partial charge in [0.25, 0.3) is 0 Å². The number of anilines is 1. The minimum atomic E-state index is 0.697. The third-order valence-corrected chi connectivity index (χ3v) is 3.95. The maximum absolute atomic E-state index is 3.22. The predicted molar refractivity (Wildman–Crippen MR) is 78.2 cm³/mol. The van der Waals surface area contributed by atoms with Gasteiger partial charge in [-0.3, -0.25) is 0 Å². The first-order valence-electron chi connectivity index (χ1n) is 6.77. The number of hydrogen-bond donors (Lipinski definition) is 1. The van der Waals surface area contributed by atoms with Crippen LogP contribution in [0.15, 0.2) is 18.2 Å². The zero-order chi connectivity index (χ0) is 13.1. The molecule has 0 amide bonds. The SMILES string of the molecule is CNCc1ccc(N2CCC(N(C)C)C2)cc1C. The van der Waals surface area contributed by atoms with Crippen LogP contribution in [-0.4, -0.2) is 45.2 Å². The number of nitrogens with zero attached hydrogens (tertiary/aromatic N) is 2. The molecule has 0 radical (unpaired) electrons. The lowest BCUT2D eigenvalue weighted by atomic mass is 10.1. The summed E-state index contributed by atoms with van der Waals surface area (Å²) in [5.41, 5.74) is 4.15. The van der Waals surface area contributed by atoms with E-state index in [9.17, 15) is 0 Å². The molecular formula is C15H25N3. The quantitative estimate of drug-likeness (QED) is 0.876. The molecule has 2 rings (SSSR count). The van der Waals surface area contributed by atoms with E-state index in [1.165, 1.54) is 29.8 Å². The molecule has 0 spiro atoms. The number of nitrogens with one attached hydrogen (secondary N) is 1. The first-order valence-corrected chi connectivity index (χ1v) is 6.77. The summed E-state index contributed by atoms with van der Waals surface area (Å²) in [5, 5.41) is 3.22. The van der Waals surface area contributed by atoms with Gasteiger partial charge >= 0.3 is 0 Å². The minimum Gasteiger partial charge on any atom is -0.370 e. The summed E-state index contributed by atoms with van der Waals surface area (Å²) in [6.07, 6.45) is 1.27. The van der Waals surface area contributed by atoms with Gasteiger partial charge in [-0.25, -0.2) is 0 Å². The molecule has 0 aliphatic carbocycles. The second-order valence-electron chi connectivity index (χ2n) is 5.49. The first kappa shape index (κ1) is 13.4. The minimum absolute atomic E-state index is 0.697. The molecule has 0 aromatic heterocycles. The summed E-state index contributed by atoms with van der Waals surface area (Å²) in [6.45, 7) is 5.48. The van der Waals surface area contributed by atoms with Crippen LogP contribution in [0.5, 0.6) is 0 Å². The Balaban J connectivity index is 2.08. The molecule has 100 valence electrons. The third-order valence-electron chi connectivity index (χ3n) is 3.95. The summed E-state index contributed by atoms with van der Waals surface area (Å²) in [7, 11) is 6.35. The summed E-state index contributed by atoms with van der Waals surface area (Å²) in [5.74, 6) is 0. The smallest absolute Gasteiger partial charge is 0.0369 e. The molecule has 1 heterocycles. The van der Waals surface area contributed by atoms with E-state index in [0.717, 1.165) is 13.1 Å². The highest BCUT2D eigenvalue weighted by molar-refractivity contribution is 5.51. The molecule has 1 N–H and O–H groups in total. The fourth-order valence-electron chi connectivity index (χ4n) is 2.66. The molecule has 18 heavy (non-hydrogen) atoms. The number of likely N-dealkylation sites (N-methyl/N-ethyl adjacent to an activating group) is 1. The van der Waals surface area contributed by atoms with Gasteiger partial charge in [-0.2, -0.15) is 0 Å². The highest BCUT2D eigenvalue weighted by Gasteiger charge is 2.24. The summed E-state index contributed by atoms with van der Waals surface area (Å²) < 4.78 is 0. The van der Waals surface area contributed by atoms with Gasteiger partial charge in [-0.15, -0.1) is 0 Å². The van der Waals surface area contributed by atoms with Gasteiger partial charge < -0.3 is 15.1 Å². The van der Waals surface area contributed by atoms with E-state index in [4.69, 9.17) is 0 Å². The number of rotatable bonds is 4. The van der Waals surface area contributed by atoms with Gasteiger partial charge in [0.15, 0.2) is 0 Å². The summed E-state index contributed by atoms with van der Waals surface area (Å²) in [4.78, 5) is 4.84. The van der Waals surface area contributed by atoms with Crippen LogP contribution in [0.25, 0.3) is 0 Å². The van der Waals surface area contributed by atoms with Crippen LogP contribution in [0.2, 0.25) is 0 Å². The molecule has 1 aliphatic heterocycles. The van der Waals surface area contributed by atoms with E-state index in [1.807, 2.05) is 7.05 Å². The number of hydrogen-bond acceptors (Lipinski definition) is 3. The molecule has 1 unspecified atom stereocenters. The lowest BCUT2D eigenvalue weighted by Gasteiger charge is -2.22. The van der Waals surface area contributed by atoms with Crippen LogP contribution in [0.3, 0.4) is 0 Å². The first-order chi connectivity index (χ1) is 8.61. The second-order valence-corrected chi connectivity index (χ2v) is 5.49. The van der Waals surface area contributed by atoms with Crippen LogP contribution in [0, 0.1) is 6.92 Å². The highest BCUT2D eigenvalue weighted by Crippen LogP contribution is 2.24. The Hall–Kier alpha value is -1.06. The van der Waals surface area contributed by atoms with Crippen molar-refractivity contribution < 1.29 is 0 Å². The van der Waals surface area contributed by atoms with Gasteiger partial charge in [-0.1, -0.05) is 6.07 Å². The third kappa shape index (κ3) is 2.85. The van der Waals surface area contributed by atoms with Crippen molar-refractivity contribution in [3.05, 3.63) is 29.3 Å². The van der Waals surface area contributed by atoms with Crippen molar-refractivity contribution in [1.29, 1.82) is 0 Å². The van der Waals surface area contributed by atoms with Gasteiger partial charge in [0.1, 0.15) is 0 Å². The van der Waals surface area contributed by atoms with Crippen molar-refractivity contribution in [2.75, 3.05) is 39.1 Å². The van der Waals surface area contributed by atoms with E-state index >= 15 is 0 Å². The fourth-order valence-corrected chi connectivity index (χ4v) is 2.66. The lowest BCUT2D eigenvalue weighted by molar-refractivity contribution is 0.315. The van der Waals surface area contributed by atoms with Crippen LogP contribution in [0.4, 0.5) is 5.69 Å². The molecule has 0 bridgehead atoms. The average molecular weight is 247 g/mol. The van der Waals surface area contributed by atoms with E-state index < -0.39 is 0 Å². The Morgan fingerprint density at radius 2 is 2.17 bits per heavy atom. The van der Waals surface area contributed by atoms with Crippen molar-refractivity contribution in [2.45, 2.75) is 25.9 Å². The molecule has 3 heteroatoms. The monoisotopic (exact) mass is 247 g/mol. The maximum atomic E-state index is 3.22. The molecule has 1 aliphatic rings. The van der Waals surface area contributed by atoms with Crippen LogP contribution < -0.4 is 10.2 Å². The maximum Gasteiger partial charge on any atom is 0.0369 e. The van der Waals surface area contributed by atoms with Crippen molar-refractivity contribution in [3.63, 3.8) is 0 Å². The molecule has 1 saturated heterocycles. The Morgan fingerprint density at radius 3 is 2.72 bits per heavy atom. The molecule has 1 aromatic carbocycles. The van der Waals surface area contributed by atoms with E-state index in [2.05, 4.69) is 54.3 Å². The number of benzene rings is 1. The van der Waals surface area contributed by atoms with Gasteiger partial charge in [-0.05, 0) is 57.7 Å². The van der Waals surface area contributed by atoms with Crippen molar-refractivity contribution >= 4 is 5.69 Å². The van der Waals surface area contributed by atoms with E-state index in [0.29, 0.717) is 6.04 Å². The average Bonchev–Trinajstić information content (AvgIpc) is 2.81. The molecular weight excluding hydrogens is 222 g/mol. The Morgan fingerprint density at radius 1 is 1.39 bits per heavy atom. The topological polar surface area (TPSA) is 18.5 Å². The standard InChI is InChI=1S/C15H25N3/c1-12-9-14(6-5-13(12)10-16-2)18-8-7-15(11-18)17(3)4/h5-6,9,15-16H,7-8,10-11H2,1-4H3. The van der Waals surface area contributed by atoms with Crippen LogP contribution in [0.1, 0.15) is 17.5 Å². The zero-order valence-electron chi connectivity index (χ0n) is 12.0. The Labute approximate surface area is 111 Å². The van der Waals surface area contributed by atoms with Crippen molar-refractivity contribution in [3.8, 4) is 0 Å². The number of aryl methyl sites for hydroxylation is 1. The molecule has 0 saturated carbocycles. The van der Waals surface area contributed by atoms with Gasteiger partial charge in [0.2, 0.25) is 0 Å². The Kier molecular flexibility index (Phi) is 4.25. The Bertz CT molecular complexity index is 401. The van der Waals surface area contributed by atoms with Crippen LogP contribution >= 0.6 is 0 Å². The fraction of sp³-hybridized carbons (Fsp3) is 0.600. The zero-order valence-corrected chi connectivity index (χ0v) is 12.0. The van der Waals surface area contributed by atoms with Gasteiger partial charge in [0.05, 0.1) is 0 Å². The van der Waals surface area contributed by atoms with Gasteiger partial charge in [0, 0.05) is 31.4 Å². The van der Waals surface area contributed by atoms with Crippen molar-refractivity contribution in [1.82, 2.24) is 10.2 Å². The molecule has 1 fully saturated rings. The molecule has 1 aromatic rings. The van der Waals surface area contributed by atoms with Crippen molar-refractivity contribution in [2.24, 2.45) is 0 Å².